The van der Waals surface area contributed by atoms with Crippen LogP contribution < -0.4 is 0 Å². The summed E-state index contributed by atoms with van der Waals surface area (Å²) in [5.74, 6) is 0. The molecule has 2 aliphatic carbocycles. The van der Waals surface area contributed by atoms with E-state index in [1.807, 2.05) is 6.92 Å². The van der Waals surface area contributed by atoms with Crippen LogP contribution in [-0.2, 0) is 18.9 Å². The first-order chi connectivity index (χ1) is 7.81. The minimum atomic E-state index is -0.124. The van der Waals surface area contributed by atoms with Gasteiger partial charge in [0.05, 0.1) is 24.4 Å². The van der Waals surface area contributed by atoms with Crippen LogP contribution >= 0.6 is 0 Å². The van der Waals surface area contributed by atoms with Gasteiger partial charge in [-0.05, 0) is 32.6 Å². The van der Waals surface area contributed by atoms with Crippen LogP contribution in [0.1, 0.15) is 32.6 Å². The topological polar surface area (TPSA) is 43.5 Å². The van der Waals surface area contributed by atoms with Gasteiger partial charge in [-0.2, -0.15) is 0 Å². The molecule has 6 unspecified atom stereocenters. The first-order valence-corrected chi connectivity index (χ1v) is 6.43. The molecule has 0 bridgehead atoms. The Hall–Kier alpha value is -0.160. The van der Waals surface area contributed by atoms with Gasteiger partial charge in [0.2, 0.25) is 0 Å². The number of hydrogen-bond donors (Lipinski definition) is 0. The Labute approximate surface area is 95.2 Å². The third-order valence-electron chi connectivity index (χ3n) is 4.18. The summed E-state index contributed by atoms with van der Waals surface area (Å²) < 4.78 is 22.7. The highest BCUT2D eigenvalue weighted by Gasteiger charge is 2.53. The Morgan fingerprint density at radius 2 is 1.38 bits per heavy atom. The largest absolute Gasteiger partial charge is 0.367 e. The summed E-state index contributed by atoms with van der Waals surface area (Å²) in [6.07, 6.45) is 6.64. The van der Waals surface area contributed by atoms with E-state index >= 15 is 0 Å². The van der Waals surface area contributed by atoms with Crippen molar-refractivity contribution >= 4 is 0 Å². The summed E-state index contributed by atoms with van der Waals surface area (Å²) in [4.78, 5) is 0. The molecule has 2 saturated heterocycles. The molecule has 0 spiro atoms. The maximum atomic E-state index is 5.89. The molecule has 0 aromatic carbocycles. The highest BCUT2D eigenvalue weighted by atomic mass is 16.7. The van der Waals surface area contributed by atoms with Gasteiger partial charge in [0.15, 0.2) is 6.29 Å². The van der Waals surface area contributed by atoms with E-state index in [0.717, 1.165) is 25.7 Å². The predicted octanol–water partition coefficient (Wildman–Crippen LogP) is 1.23. The highest BCUT2D eigenvalue weighted by molar-refractivity contribution is 5.00. The van der Waals surface area contributed by atoms with Gasteiger partial charge >= 0.3 is 0 Å². The van der Waals surface area contributed by atoms with E-state index in [2.05, 4.69) is 0 Å². The quantitative estimate of drug-likeness (QED) is 0.534. The number of ether oxygens (including phenoxy) is 4. The van der Waals surface area contributed by atoms with Crippen LogP contribution in [0.5, 0.6) is 0 Å². The molecule has 4 rings (SSSR count). The standard InChI is InChI=1S/C12H18O4/c1-6(13-7-2-4-9-11(7)15-9)14-8-3-5-10-12(8)16-10/h6-12H,2-5H2,1H3. The fourth-order valence-corrected chi connectivity index (χ4v) is 3.23. The molecule has 4 heteroatoms. The molecule has 0 N–H and O–H groups in total. The van der Waals surface area contributed by atoms with E-state index in [-0.39, 0.29) is 18.5 Å². The van der Waals surface area contributed by atoms with Crippen molar-refractivity contribution in [1.82, 2.24) is 0 Å². The molecule has 4 aliphatic rings. The Balaban J connectivity index is 1.27. The van der Waals surface area contributed by atoms with Gasteiger partial charge in [0.1, 0.15) is 12.2 Å². The van der Waals surface area contributed by atoms with Gasteiger partial charge in [0.25, 0.3) is 0 Å². The lowest BCUT2D eigenvalue weighted by Gasteiger charge is -2.22. The fourth-order valence-electron chi connectivity index (χ4n) is 3.23. The molecule has 4 fully saturated rings. The van der Waals surface area contributed by atoms with E-state index in [1.165, 1.54) is 0 Å². The normalized spacial score (nSPS) is 54.6. The summed E-state index contributed by atoms with van der Waals surface area (Å²) in [6.45, 7) is 1.99. The van der Waals surface area contributed by atoms with Crippen LogP contribution in [0, 0.1) is 0 Å². The Morgan fingerprint density at radius 1 is 0.875 bits per heavy atom. The summed E-state index contributed by atoms with van der Waals surface area (Å²) in [5.41, 5.74) is 0. The third-order valence-corrected chi connectivity index (χ3v) is 4.18. The zero-order valence-corrected chi connectivity index (χ0v) is 9.50. The molecule has 2 aliphatic heterocycles. The van der Waals surface area contributed by atoms with Crippen molar-refractivity contribution in [3.63, 3.8) is 0 Å². The molecule has 90 valence electrons. The van der Waals surface area contributed by atoms with Crippen LogP contribution in [0.25, 0.3) is 0 Å². The second-order valence-electron chi connectivity index (χ2n) is 5.35. The molecule has 0 radical (unpaired) electrons. The Morgan fingerprint density at radius 3 is 1.69 bits per heavy atom. The maximum absolute atomic E-state index is 5.89. The molecule has 2 heterocycles. The number of hydrogen-bond acceptors (Lipinski definition) is 4. The van der Waals surface area contributed by atoms with Crippen molar-refractivity contribution in [2.75, 3.05) is 0 Å². The van der Waals surface area contributed by atoms with Gasteiger partial charge < -0.3 is 18.9 Å². The lowest BCUT2D eigenvalue weighted by atomic mass is 10.3. The fraction of sp³-hybridized carbons (Fsp3) is 1.00. The average Bonchev–Trinajstić information content (AvgIpc) is 3.15. The van der Waals surface area contributed by atoms with E-state index in [1.54, 1.807) is 0 Å². The average molecular weight is 226 g/mol. The van der Waals surface area contributed by atoms with Crippen molar-refractivity contribution in [1.29, 1.82) is 0 Å². The van der Waals surface area contributed by atoms with Crippen LogP contribution in [0.4, 0.5) is 0 Å². The lowest BCUT2D eigenvalue weighted by Crippen LogP contribution is -2.29. The van der Waals surface area contributed by atoms with Crippen molar-refractivity contribution in [3.05, 3.63) is 0 Å². The van der Waals surface area contributed by atoms with Crippen molar-refractivity contribution in [3.8, 4) is 0 Å². The van der Waals surface area contributed by atoms with Gasteiger partial charge in [-0.1, -0.05) is 0 Å². The zero-order chi connectivity index (χ0) is 10.7. The van der Waals surface area contributed by atoms with Crippen molar-refractivity contribution < 1.29 is 18.9 Å². The summed E-state index contributed by atoms with van der Waals surface area (Å²) in [6, 6.07) is 0. The first kappa shape index (κ1) is 9.83. The lowest BCUT2D eigenvalue weighted by molar-refractivity contribution is -0.191. The van der Waals surface area contributed by atoms with Crippen LogP contribution in [0.3, 0.4) is 0 Å². The molecular weight excluding hydrogens is 208 g/mol. The van der Waals surface area contributed by atoms with E-state index < -0.39 is 0 Å². The van der Waals surface area contributed by atoms with Gasteiger partial charge in [-0.3, -0.25) is 0 Å². The number of epoxide rings is 2. The third kappa shape index (κ3) is 1.59. The molecule has 0 aromatic heterocycles. The van der Waals surface area contributed by atoms with Crippen molar-refractivity contribution in [2.45, 2.75) is 75.5 Å². The van der Waals surface area contributed by atoms with Gasteiger partial charge in [-0.25, -0.2) is 0 Å². The van der Waals surface area contributed by atoms with Crippen LogP contribution in [0.2, 0.25) is 0 Å². The molecule has 0 amide bonds. The summed E-state index contributed by atoms with van der Waals surface area (Å²) >= 11 is 0. The van der Waals surface area contributed by atoms with Crippen molar-refractivity contribution in [2.24, 2.45) is 0 Å². The SMILES string of the molecule is CC(OC1CCC2OC12)OC1CCC2OC12. The smallest absolute Gasteiger partial charge is 0.155 e. The van der Waals surface area contributed by atoms with Crippen LogP contribution in [0.15, 0.2) is 0 Å². The Bertz CT molecular complexity index is 267. The highest BCUT2D eigenvalue weighted by Crippen LogP contribution is 2.42. The Kier molecular flexibility index (Phi) is 2.10. The number of fused-ring (bicyclic) bond motifs is 2. The molecule has 16 heavy (non-hydrogen) atoms. The van der Waals surface area contributed by atoms with Crippen LogP contribution in [-0.4, -0.2) is 42.9 Å². The molecule has 2 saturated carbocycles. The van der Waals surface area contributed by atoms with E-state index in [9.17, 15) is 0 Å². The maximum Gasteiger partial charge on any atom is 0.155 e. The summed E-state index contributed by atoms with van der Waals surface area (Å²) in [7, 11) is 0. The van der Waals surface area contributed by atoms with E-state index in [0.29, 0.717) is 24.4 Å². The van der Waals surface area contributed by atoms with Gasteiger partial charge in [-0.15, -0.1) is 0 Å². The monoisotopic (exact) mass is 226 g/mol. The summed E-state index contributed by atoms with van der Waals surface area (Å²) in [5, 5.41) is 0. The second kappa shape index (κ2) is 3.42. The molecule has 0 aromatic rings. The van der Waals surface area contributed by atoms with Gasteiger partial charge in [0, 0.05) is 0 Å². The number of rotatable bonds is 4. The minimum Gasteiger partial charge on any atom is -0.367 e. The molecule has 4 nitrogen and oxygen atoms in total. The minimum absolute atomic E-state index is 0.124. The van der Waals surface area contributed by atoms with E-state index in [4.69, 9.17) is 18.9 Å². The second-order valence-corrected chi connectivity index (χ2v) is 5.35. The molecular formula is C12H18O4. The predicted molar refractivity (Wildman–Crippen MR) is 55.0 cm³/mol. The first-order valence-electron chi connectivity index (χ1n) is 6.43. The molecule has 6 atom stereocenters. The zero-order valence-electron chi connectivity index (χ0n) is 9.50.